The minimum absolute atomic E-state index is 0.0199. The van der Waals surface area contributed by atoms with E-state index < -0.39 is 23.6 Å². The number of piperidine rings is 3. The van der Waals surface area contributed by atoms with E-state index in [4.69, 9.17) is 14.9 Å². The lowest BCUT2D eigenvalue weighted by Gasteiger charge is -2.44. The Bertz CT molecular complexity index is 1020. The number of aliphatic carboxylic acids is 2. The Hall–Kier alpha value is -3.05. The molecule has 3 aliphatic heterocycles. The molecule has 5 rings (SSSR count). The number of alkyl carbamates (subject to hydrolysis) is 1. The number of hydrogen-bond acceptors (Lipinski definition) is 7. The van der Waals surface area contributed by atoms with Crippen molar-refractivity contribution in [1.29, 1.82) is 0 Å². The molecule has 0 radical (unpaired) electrons. The Kier molecular flexibility index (Phi) is 8.79. The first-order chi connectivity index (χ1) is 16.5. The molecule has 9 nitrogen and oxygen atoms in total. The van der Waals surface area contributed by atoms with Crippen LogP contribution in [0.5, 0.6) is 0 Å². The number of thiazole rings is 1. The van der Waals surface area contributed by atoms with Crippen molar-refractivity contribution in [3.05, 3.63) is 41.2 Å². The summed E-state index contributed by atoms with van der Waals surface area (Å²) in [7, 11) is 0. The molecule has 0 aliphatic carbocycles. The normalized spacial score (nSPS) is 20.9. The van der Waals surface area contributed by atoms with E-state index in [2.05, 4.69) is 15.2 Å². The number of ether oxygens (including phenoxy) is 1. The third-order valence-electron chi connectivity index (χ3n) is 6.06. The maximum Gasteiger partial charge on any atom is 0.408 e. The summed E-state index contributed by atoms with van der Waals surface area (Å²) < 4.78 is 18.8. The molecular weight excluding hydrogens is 477 g/mol. The van der Waals surface area contributed by atoms with Crippen LogP contribution < -0.4 is 5.32 Å². The van der Waals surface area contributed by atoms with Crippen LogP contribution in [0.1, 0.15) is 45.2 Å². The smallest absolute Gasteiger partial charge is 0.408 e. The van der Waals surface area contributed by atoms with Gasteiger partial charge >= 0.3 is 18.0 Å². The van der Waals surface area contributed by atoms with Crippen LogP contribution in [0.4, 0.5) is 9.18 Å². The van der Waals surface area contributed by atoms with Crippen LogP contribution in [-0.2, 0) is 19.9 Å². The molecule has 1 aromatic carbocycles. The zero-order chi connectivity index (χ0) is 25.6. The molecule has 2 bridgehead atoms. The molecule has 1 atom stereocenters. The quantitative estimate of drug-likeness (QED) is 0.514. The molecule has 3 N–H and O–H groups in total. The Morgan fingerprint density at radius 3 is 2.26 bits per heavy atom. The van der Waals surface area contributed by atoms with Crippen LogP contribution in [0.15, 0.2) is 29.6 Å². The highest BCUT2D eigenvalue weighted by molar-refractivity contribution is 7.13. The number of fused-ring (bicyclic) bond motifs is 3. The van der Waals surface area contributed by atoms with Crippen molar-refractivity contribution in [3.8, 4) is 10.6 Å². The van der Waals surface area contributed by atoms with Crippen molar-refractivity contribution in [1.82, 2.24) is 15.2 Å². The number of halogens is 1. The summed E-state index contributed by atoms with van der Waals surface area (Å²) in [5.74, 6) is -1.94. The average molecular weight is 508 g/mol. The summed E-state index contributed by atoms with van der Waals surface area (Å²) >= 11 is 1.48. The van der Waals surface area contributed by atoms with E-state index in [0.717, 1.165) is 48.7 Å². The van der Waals surface area contributed by atoms with Gasteiger partial charge in [0.1, 0.15) is 16.9 Å². The number of carboxylic acid groups (broad SMARTS) is 2. The van der Waals surface area contributed by atoms with E-state index in [1.165, 1.54) is 23.5 Å². The maximum absolute atomic E-state index is 13.1. The van der Waals surface area contributed by atoms with Crippen LogP contribution >= 0.6 is 11.3 Å². The number of carbonyl (C=O) groups excluding carboxylic acids is 1. The highest BCUT2D eigenvalue weighted by Crippen LogP contribution is 2.31. The number of nitrogens with zero attached hydrogens (tertiary/aromatic N) is 2. The second kappa shape index (κ2) is 11.6. The standard InChI is InChI=1S/C20H24FN3O2S.C4H6O4/c1-20(2,17-12-27-18(22-17)14-3-5-15(21)6-4-14)23-19(25)26-16-11-24-9-7-13(16)8-10-24;5-3(6)1-2-4(7)8/h3-6,12-13,16H,7-11H2,1-2H3,(H,23,25);1-2H2,(H,5,6)(H,7,8). The van der Waals surface area contributed by atoms with Gasteiger partial charge < -0.3 is 20.3 Å². The van der Waals surface area contributed by atoms with Gasteiger partial charge in [-0.15, -0.1) is 11.3 Å². The number of carbonyl (C=O) groups is 3. The van der Waals surface area contributed by atoms with Crippen LogP contribution in [0, 0.1) is 11.7 Å². The number of carboxylic acids is 2. The van der Waals surface area contributed by atoms with Gasteiger partial charge in [-0.25, -0.2) is 14.2 Å². The minimum atomic E-state index is -1.08. The number of nitrogens with one attached hydrogen (secondary N) is 1. The average Bonchev–Trinajstić information content (AvgIpc) is 3.30. The molecule has 0 spiro atoms. The van der Waals surface area contributed by atoms with Gasteiger partial charge in [0.05, 0.1) is 24.1 Å². The van der Waals surface area contributed by atoms with E-state index in [0.29, 0.717) is 5.92 Å². The number of rotatable bonds is 7. The zero-order valence-corrected chi connectivity index (χ0v) is 20.5. The van der Waals surface area contributed by atoms with Crippen LogP contribution in [0.25, 0.3) is 10.6 Å². The first-order valence-corrected chi connectivity index (χ1v) is 12.3. The second-order valence-electron chi connectivity index (χ2n) is 9.16. The molecule has 190 valence electrons. The van der Waals surface area contributed by atoms with E-state index >= 15 is 0 Å². The van der Waals surface area contributed by atoms with E-state index in [1.807, 2.05) is 19.2 Å². The molecule has 1 amide bonds. The number of benzene rings is 1. The van der Waals surface area contributed by atoms with Crippen molar-refractivity contribution in [2.24, 2.45) is 5.92 Å². The van der Waals surface area contributed by atoms with E-state index in [-0.39, 0.29) is 24.8 Å². The molecular formula is C24H30FN3O6S. The van der Waals surface area contributed by atoms with Crippen molar-refractivity contribution in [2.75, 3.05) is 19.6 Å². The van der Waals surface area contributed by atoms with Gasteiger partial charge in [0.25, 0.3) is 0 Å². The predicted molar refractivity (Wildman–Crippen MR) is 128 cm³/mol. The zero-order valence-electron chi connectivity index (χ0n) is 19.7. The number of hydrogen-bond donors (Lipinski definition) is 3. The Morgan fingerprint density at radius 2 is 1.74 bits per heavy atom. The summed E-state index contributed by atoms with van der Waals surface area (Å²) in [6, 6.07) is 6.26. The minimum Gasteiger partial charge on any atom is -0.481 e. The summed E-state index contributed by atoms with van der Waals surface area (Å²) in [6.07, 6.45) is 1.21. The second-order valence-corrected chi connectivity index (χ2v) is 10.0. The monoisotopic (exact) mass is 507 g/mol. The molecule has 1 aromatic heterocycles. The molecule has 3 fully saturated rings. The van der Waals surface area contributed by atoms with Gasteiger partial charge in [0, 0.05) is 17.5 Å². The molecule has 4 heterocycles. The molecule has 35 heavy (non-hydrogen) atoms. The van der Waals surface area contributed by atoms with Crippen LogP contribution in [0.3, 0.4) is 0 Å². The van der Waals surface area contributed by atoms with Crippen molar-refractivity contribution in [2.45, 2.75) is 51.2 Å². The van der Waals surface area contributed by atoms with E-state index in [1.54, 1.807) is 12.1 Å². The Morgan fingerprint density at radius 1 is 1.14 bits per heavy atom. The van der Waals surface area contributed by atoms with Crippen molar-refractivity contribution in [3.63, 3.8) is 0 Å². The third-order valence-corrected chi connectivity index (χ3v) is 6.95. The van der Waals surface area contributed by atoms with Crippen molar-refractivity contribution < 1.29 is 33.7 Å². The van der Waals surface area contributed by atoms with Crippen LogP contribution in [0.2, 0.25) is 0 Å². The van der Waals surface area contributed by atoms with Gasteiger partial charge in [-0.05, 0) is 70.0 Å². The Balaban J connectivity index is 0.000000371. The fourth-order valence-corrected chi connectivity index (χ4v) is 5.02. The van der Waals surface area contributed by atoms with Gasteiger partial charge in [-0.1, -0.05) is 0 Å². The molecule has 1 unspecified atom stereocenters. The van der Waals surface area contributed by atoms with Gasteiger partial charge in [0.2, 0.25) is 0 Å². The number of amides is 1. The topological polar surface area (TPSA) is 129 Å². The van der Waals surface area contributed by atoms with Gasteiger partial charge in [-0.2, -0.15) is 0 Å². The van der Waals surface area contributed by atoms with Gasteiger partial charge in [0.15, 0.2) is 0 Å². The summed E-state index contributed by atoms with van der Waals surface area (Å²) in [4.78, 5) is 38.8. The molecule has 0 saturated carbocycles. The fraction of sp³-hybridized carbons (Fsp3) is 0.500. The lowest BCUT2D eigenvalue weighted by molar-refractivity contribution is -0.143. The van der Waals surface area contributed by atoms with Crippen molar-refractivity contribution >= 4 is 29.4 Å². The molecule has 3 aliphatic rings. The molecule has 2 aromatic rings. The largest absolute Gasteiger partial charge is 0.481 e. The fourth-order valence-electron chi connectivity index (χ4n) is 4.03. The third kappa shape index (κ3) is 7.72. The first-order valence-electron chi connectivity index (χ1n) is 11.4. The first kappa shape index (κ1) is 26.6. The maximum atomic E-state index is 13.1. The SMILES string of the molecule is CC(C)(NC(=O)OC1CN2CCC1CC2)c1csc(-c2ccc(F)cc2)n1.O=C(O)CCC(=O)O. The summed E-state index contributed by atoms with van der Waals surface area (Å²) in [6.45, 7) is 6.89. The molecule has 3 saturated heterocycles. The summed E-state index contributed by atoms with van der Waals surface area (Å²) in [5.41, 5.74) is 0.968. The highest BCUT2D eigenvalue weighted by Gasteiger charge is 2.37. The van der Waals surface area contributed by atoms with E-state index in [9.17, 15) is 18.8 Å². The lowest BCUT2D eigenvalue weighted by Crippen LogP contribution is -2.53. The summed E-state index contributed by atoms with van der Waals surface area (Å²) in [5, 5.41) is 21.5. The highest BCUT2D eigenvalue weighted by atomic mass is 32.1. The number of aromatic nitrogens is 1. The Labute approximate surface area is 206 Å². The van der Waals surface area contributed by atoms with Crippen LogP contribution in [-0.4, -0.2) is 63.9 Å². The lowest BCUT2D eigenvalue weighted by atomic mass is 9.86. The van der Waals surface area contributed by atoms with Gasteiger partial charge in [-0.3, -0.25) is 14.5 Å². The predicted octanol–water partition coefficient (Wildman–Crippen LogP) is 3.94. The molecule has 11 heteroatoms.